The van der Waals surface area contributed by atoms with E-state index in [4.69, 9.17) is 0 Å². The largest absolute Gasteiger partial charge is 0.314 e. The van der Waals surface area contributed by atoms with Crippen LogP contribution in [-0.2, 0) is 6.42 Å². The van der Waals surface area contributed by atoms with Gasteiger partial charge in [-0.1, -0.05) is 32.9 Å². The molecule has 0 heterocycles. The van der Waals surface area contributed by atoms with Crippen molar-refractivity contribution < 1.29 is 4.39 Å². The van der Waals surface area contributed by atoms with E-state index in [1.165, 1.54) is 31.7 Å². The summed E-state index contributed by atoms with van der Waals surface area (Å²) in [6, 6.07) is 7.82. The van der Waals surface area contributed by atoms with Gasteiger partial charge in [-0.25, -0.2) is 4.39 Å². The lowest BCUT2D eigenvalue weighted by Crippen LogP contribution is -2.27. The highest BCUT2D eigenvalue weighted by molar-refractivity contribution is 5.17. The van der Waals surface area contributed by atoms with E-state index in [0.29, 0.717) is 11.3 Å². The number of nitrogens with one attached hydrogen (secondary N) is 1. The molecule has 1 N–H and O–H groups in total. The van der Waals surface area contributed by atoms with Crippen LogP contribution >= 0.6 is 0 Å². The number of rotatable bonds is 7. The highest BCUT2D eigenvalue weighted by atomic mass is 19.1. The summed E-state index contributed by atoms with van der Waals surface area (Å²) in [4.78, 5) is 0. The quantitative estimate of drug-likeness (QED) is 0.770. The normalized spacial score (nSPS) is 17.2. The van der Waals surface area contributed by atoms with Gasteiger partial charge >= 0.3 is 0 Å². The lowest BCUT2D eigenvalue weighted by Gasteiger charge is -2.23. The summed E-state index contributed by atoms with van der Waals surface area (Å²) in [6.07, 6.45) is 6.06. The van der Waals surface area contributed by atoms with Crippen LogP contribution in [0.2, 0.25) is 0 Å². The predicted octanol–water partition coefficient (Wildman–Crippen LogP) is 4.56. The molecule has 1 aliphatic rings. The molecule has 1 fully saturated rings. The molecule has 1 aliphatic carbocycles. The van der Waals surface area contributed by atoms with E-state index in [9.17, 15) is 4.39 Å². The van der Waals surface area contributed by atoms with Crippen LogP contribution in [0.5, 0.6) is 0 Å². The minimum Gasteiger partial charge on any atom is -0.314 e. The highest BCUT2D eigenvalue weighted by Gasteiger charge is 2.23. The number of hydrogen-bond donors (Lipinski definition) is 1. The molecule has 1 aromatic carbocycles. The molecule has 1 nitrogen and oxygen atoms in total. The summed E-state index contributed by atoms with van der Waals surface area (Å²) in [5.74, 6) is 0.490. The zero-order chi connectivity index (χ0) is 14.6. The number of benzene rings is 1. The molecular weight excluding hydrogens is 249 g/mol. The van der Waals surface area contributed by atoms with Crippen LogP contribution in [0.3, 0.4) is 0 Å². The maximum absolute atomic E-state index is 13.3. The Labute approximate surface area is 123 Å². The fourth-order valence-corrected chi connectivity index (χ4v) is 2.53. The van der Waals surface area contributed by atoms with E-state index in [-0.39, 0.29) is 5.82 Å². The van der Waals surface area contributed by atoms with E-state index in [2.05, 4.69) is 26.1 Å². The molecule has 1 unspecified atom stereocenters. The van der Waals surface area contributed by atoms with Crippen LogP contribution in [0.4, 0.5) is 4.39 Å². The molecule has 1 atom stereocenters. The monoisotopic (exact) mass is 277 g/mol. The fraction of sp³-hybridized carbons (Fsp3) is 0.667. The Morgan fingerprint density at radius 2 is 2.05 bits per heavy atom. The first kappa shape index (κ1) is 15.5. The van der Waals surface area contributed by atoms with Crippen molar-refractivity contribution in [2.24, 2.45) is 11.3 Å². The first-order valence-corrected chi connectivity index (χ1v) is 7.90. The van der Waals surface area contributed by atoms with E-state index >= 15 is 0 Å². The summed E-state index contributed by atoms with van der Waals surface area (Å²) < 4.78 is 13.3. The standard InChI is InChI=1S/C18H28FN/c1-18(2,3)10-9-15(13-20-17-7-8-17)11-14-5-4-6-16(19)12-14/h4-6,12,15,17,20H,7-11,13H2,1-3H3. The first-order valence-electron chi connectivity index (χ1n) is 7.90. The SMILES string of the molecule is CC(C)(C)CCC(CNC1CC1)Cc1cccc(F)c1. The highest BCUT2D eigenvalue weighted by Crippen LogP contribution is 2.26. The third-order valence-electron chi connectivity index (χ3n) is 3.99. The van der Waals surface area contributed by atoms with Crippen LogP contribution in [-0.4, -0.2) is 12.6 Å². The Kier molecular flexibility index (Phi) is 5.20. The van der Waals surface area contributed by atoms with Crippen molar-refractivity contribution in [1.82, 2.24) is 5.32 Å². The van der Waals surface area contributed by atoms with Crippen LogP contribution in [0.1, 0.15) is 52.0 Å². The Morgan fingerprint density at radius 1 is 1.30 bits per heavy atom. The molecule has 1 aromatic rings. The van der Waals surface area contributed by atoms with E-state index < -0.39 is 0 Å². The molecule has 0 aliphatic heterocycles. The molecule has 2 heteroatoms. The molecule has 0 aromatic heterocycles. The zero-order valence-corrected chi connectivity index (χ0v) is 13.1. The lowest BCUT2D eigenvalue weighted by molar-refractivity contribution is 0.313. The maximum atomic E-state index is 13.3. The minimum atomic E-state index is -0.118. The van der Waals surface area contributed by atoms with Crippen LogP contribution in [0.15, 0.2) is 24.3 Å². The van der Waals surface area contributed by atoms with Crippen LogP contribution in [0, 0.1) is 17.2 Å². The second kappa shape index (κ2) is 6.71. The van der Waals surface area contributed by atoms with Crippen molar-refractivity contribution in [3.8, 4) is 0 Å². The van der Waals surface area contributed by atoms with Gasteiger partial charge in [0, 0.05) is 6.04 Å². The first-order chi connectivity index (χ1) is 9.42. The van der Waals surface area contributed by atoms with Gasteiger partial charge in [0.15, 0.2) is 0 Å². The summed E-state index contributed by atoms with van der Waals surface area (Å²) in [5.41, 5.74) is 1.50. The van der Waals surface area contributed by atoms with Crippen molar-refractivity contribution in [3.05, 3.63) is 35.6 Å². The van der Waals surface area contributed by atoms with Gasteiger partial charge in [-0.05, 0) is 67.7 Å². The van der Waals surface area contributed by atoms with Crippen molar-refractivity contribution in [2.75, 3.05) is 6.54 Å². The molecular formula is C18H28FN. The van der Waals surface area contributed by atoms with E-state index in [1.807, 2.05) is 12.1 Å². The third kappa shape index (κ3) is 6.04. The Bertz CT molecular complexity index is 418. The van der Waals surface area contributed by atoms with Gasteiger partial charge in [0.2, 0.25) is 0 Å². The maximum Gasteiger partial charge on any atom is 0.123 e. The smallest absolute Gasteiger partial charge is 0.123 e. The molecule has 0 saturated heterocycles. The topological polar surface area (TPSA) is 12.0 Å². The summed E-state index contributed by atoms with van der Waals surface area (Å²) in [7, 11) is 0. The number of hydrogen-bond acceptors (Lipinski definition) is 1. The summed E-state index contributed by atoms with van der Waals surface area (Å²) in [5, 5.41) is 3.63. The van der Waals surface area contributed by atoms with Gasteiger partial charge in [-0.15, -0.1) is 0 Å². The second-order valence-corrected chi connectivity index (χ2v) is 7.48. The van der Waals surface area contributed by atoms with Gasteiger partial charge in [0.1, 0.15) is 5.82 Å². The molecule has 2 rings (SSSR count). The molecule has 0 spiro atoms. The predicted molar refractivity (Wildman–Crippen MR) is 83.3 cm³/mol. The second-order valence-electron chi connectivity index (χ2n) is 7.48. The van der Waals surface area contributed by atoms with Gasteiger partial charge < -0.3 is 5.32 Å². The molecule has 112 valence electrons. The average molecular weight is 277 g/mol. The number of halogens is 1. The van der Waals surface area contributed by atoms with Crippen molar-refractivity contribution in [1.29, 1.82) is 0 Å². The lowest BCUT2D eigenvalue weighted by atomic mass is 9.84. The Hall–Kier alpha value is -0.890. The molecule has 0 amide bonds. The van der Waals surface area contributed by atoms with Gasteiger partial charge in [0.05, 0.1) is 0 Å². The van der Waals surface area contributed by atoms with E-state index in [1.54, 1.807) is 6.07 Å². The minimum absolute atomic E-state index is 0.118. The van der Waals surface area contributed by atoms with Crippen LogP contribution < -0.4 is 5.32 Å². The van der Waals surface area contributed by atoms with Gasteiger partial charge in [-0.2, -0.15) is 0 Å². The van der Waals surface area contributed by atoms with Crippen molar-refractivity contribution in [2.45, 2.75) is 58.9 Å². The molecule has 0 bridgehead atoms. The van der Waals surface area contributed by atoms with Crippen molar-refractivity contribution >= 4 is 0 Å². The Balaban J connectivity index is 1.89. The third-order valence-corrected chi connectivity index (χ3v) is 3.99. The van der Waals surface area contributed by atoms with E-state index in [0.717, 1.165) is 24.6 Å². The van der Waals surface area contributed by atoms with Crippen LogP contribution in [0.25, 0.3) is 0 Å². The average Bonchev–Trinajstić information content (AvgIpc) is 3.15. The van der Waals surface area contributed by atoms with Gasteiger partial charge in [0.25, 0.3) is 0 Å². The molecule has 20 heavy (non-hydrogen) atoms. The zero-order valence-electron chi connectivity index (χ0n) is 13.1. The fourth-order valence-electron chi connectivity index (χ4n) is 2.53. The molecule has 0 radical (unpaired) electrons. The van der Waals surface area contributed by atoms with Gasteiger partial charge in [-0.3, -0.25) is 0 Å². The Morgan fingerprint density at radius 3 is 2.65 bits per heavy atom. The van der Waals surface area contributed by atoms with Crippen molar-refractivity contribution in [3.63, 3.8) is 0 Å². The summed E-state index contributed by atoms with van der Waals surface area (Å²) in [6.45, 7) is 7.94. The molecule has 1 saturated carbocycles. The summed E-state index contributed by atoms with van der Waals surface area (Å²) >= 11 is 0.